The third-order valence-corrected chi connectivity index (χ3v) is 9.79. The lowest BCUT2D eigenvalue weighted by Gasteiger charge is -2.39. The number of ether oxygens (including phenoxy) is 3. The molecule has 3 aromatic rings. The summed E-state index contributed by atoms with van der Waals surface area (Å²) in [6.07, 6.45) is 5.20. The Kier molecular flexibility index (Phi) is 12.3. The van der Waals surface area contributed by atoms with E-state index in [1.54, 1.807) is 6.92 Å². The summed E-state index contributed by atoms with van der Waals surface area (Å²) in [7, 11) is 0. The van der Waals surface area contributed by atoms with Gasteiger partial charge < -0.3 is 34.9 Å². The van der Waals surface area contributed by atoms with Gasteiger partial charge in [-0.1, -0.05) is 60.7 Å². The molecule has 0 saturated carbocycles. The van der Waals surface area contributed by atoms with Crippen LogP contribution in [-0.4, -0.2) is 84.9 Å². The van der Waals surface area contributed by atoms with Crippen molar-refractivity contribution in [2.45, 2.75) is 76.7 Å². The van der Waals surface area contributed by atoms with Gasteiger partial charge in [0, 0.05) is 37.7 Å². The standard InChI is InChI=1S/C39H50N4O6/c1-2-47-37(45)24-41-39(46)40-23-29-8-5-9-31(20-29)32-10-6-11-33(21-32)38-48-35(22-36(49-38)30-15-13-28(27-44)14-16-30)26-43-19-7-12-34(43)25-42-17-3-4-18-42/h5-6,8-11,13-16,20-21,34-36,38,44H,2-4,7,12,17-19,22-27H2,1H3,(H2,40,41,46). The van der Waals surface area contributed by atoms with E-state index >= 15 is 0 Å². The monoisotopic (exact) mass is 670 g/mol. The van der Waals surface area contributed by atoms with E-state index in [0.717, 1.165) is 59.4 Å². The van der Waals surface area contributed by atoms with Crippen molar-refractivity contribution in [3.05, 3.63) is 95.1 Å². The van der Waals surface area contributed by atoms with E-state index < -0.39 is 18.3 Å². The van der Waals surface area contributed by atoms with Crippen molar-refractivity contribution in [1.82, 2.24) is 20.4 Å². The number of esters is 1. The lowest BCUT2D eigenvalue weighted by molar-refractivity contribution is -0.253. The summed E-state index contributed by atoms with van der Waals surface area (Å²) >= 11 is 0. The molecular formula is C39H50N4O6. The number of rotatable bonds is 13. The zero-order valence-corrected chi connectivity index (χ0v) is 28.5. The van der Waals surface area contributed by atoms with E-state index in [-0.39, 0.29) is 32.0 Å². The molecule has 3 fully saturated rings. The highest BCUT2D eigenvalue weighted by Crippen LogP contribution is 2.39. The maximum absolute atomic E-state index is 12.2. The number of hydrogen-bond acceptors (Lipinski definition) is 8. The lowest BCUT2D eigenvalue weighted by Crippen LogP contribution is -2.45. The maximum atomic E-state index is 12.2. The molecule has 0 radical (unpaired) electrons. The minimum Gasteiger partial charge on any atom is -0.465 e. The fraction of sp³-hybridized carbons (Fsp3) is 0.487. The summed E-state index contributed by atoms with van der Waals surface area (Å²) in [6, 6.07) is 24.5. The molecule has 4 atom stereocenters. The molecule has 10 nitrogen and oxygen atoms in total. The van der Waals surface area contributed by atoms with Crippen molar-refractivity contribution < 1.29 is 28.9 Å². The van der Waals surface area contributed by atoms with Gasteiger partial charge in [0.2, 0.25) is 0 Å². The Balaban J connectivity index is 1.15. The second kappa shape index (κ2) is 17.2. The van der Waals surface area contributed by atoms with Gasteiger partial charge in [0.25, 0.3) is 0 Å². The van der Waals surface area contributed by atoms with Gasteiger partial charge in [0.15, 0.2) is 6.29 Å². The molecule has 2 amide bonds. The Morgan fingerprint density at radius 3 is 2.41 bits per heavy atom. The summed E-state index contributed by atoms with van der Waals surface area (Å²) < 4.78 is 18.3. The molecule has 3 aromatic carbocycles. The molecule has 49 heavy (non-hydrogen) atoms. The first kappa shape index (κ1) is 35.0. The highest BCUT2D eigenvalue weighted by atomic mass is 16.7. The molecule has 3 N–H and O–H groups in total. The lowest BCUT2D eigenvalue weighted by atomic mass is 9.98. The highest BCUT2D eigenvalue weighted by molar-refractivity contribution is 5.80. The highest BCUT2D eigenvalue weighted by Gasteiger charge is 2.36. The van der Waals surface area contributed by atoms with Crippen LogP contribution in [0, 0.1) is 0 Å². The van der Waals surface area contributed by atoms with E-state index in [4.69, 9.17) is 14.2 Å². The second-order valence-corrected chi connectivity index (χ2v) is 13.3. The third-order valence-electron chi connectivity index (χ3n) is 9.79. The zero-order chi connectivity index (χ0) is 34.0. The van der Waals surface area contributed by atoms with E-state index in [1.807, 2.05) is 36.4 Å². The molecular weight excluding hydrogens is 620 g/mol. The summed E-state index contributed by atoms with van der Waals surface area (Å²) in [5.41, 5.74) is 5.89. The minimum absolute atomic E-state index is 0.00785. The van der Waals surface area contributed by atoms with Crippen LogP contribution >= 0.6 is 0 Å². The fourth-order valence-electron chi connectivity index (χ4n) is 7.24. The Morgan fingerprint density at radius 1 is 0.857 bits per heavy atom. The van der Waals surface area contributed by atoms with Crippen LogP contribution in [-0.2, 0) is 32.2 Å². The molecule has 0 spiro atoms. The zero-order valence-electron chi connectivity index (χ0n) is 28.5. The molecule has 3 aliphatic heterocycles. The molecule has 10 heteroatoms. The Morgan fingerprint density at radius 2 is 1.63 bits per heavy atom. The van der Waals surface area contributed by atoms with Gasteiger partial charge in [-0.25, -0.2) is 4.79 Å². The number of nitrogens with zero attached hydrogens (tertiary/aromatic N) is 2. The van der Waals surface area contributed by atoms with Crippen molar-refractivity contribution in [3.63, 3.8) is 0 Å². The topological polar surface area (TPSA) is 113 Å². The largest absolute Gasteiger partial charge is 0.465 e. The molecule has 3 heterocycles. The normalized spacial score (nSPS) is 23.0. The van der Waals surface area contributed by atoms with Gasteiger partial charge >= 0.3 is 12.0 Å². The predicted octanol–water partition coefficient (Wildman–Crippen LogP) is 5.31. The smallest absolute Gasteiger partial charge is 0.325 e. The number of nitrogens with one attached hydrogen (secondary N) is 2. The summed E-state index contributed by atoms with van der Waals surface area (Å²) in [5.74, 6) is -0.472. The molecule has 6 rings (SSSR count). The van der Waals surface area contributed by atoms with Gasteiger partial charge in [0.1, 0.15) is 6.54 Å². The minimum atomic E-state index is -0.534. The van der Waals surface area contributed by atoms with Gasteiger partial charge in [-0.3, -0.25) is 9.69 Å². The van der Waals surface area contributed by atoms with Crippen LogP contribution in [0.5, 0.6) is 0 Å². The number of carbonyl (C=O) groups is 2. The van der Waals surface area contributed by atoms with E-state index in [2.05, 4.69) is 56.8 Å². The van der Waals surface area contributed by atoms with Crippen LogP contribution in [0.4, 0.5) is 4.79 Å². The number of urea groups is 1. The van der Waals surface area contributed by atoms with E-state index in [9.17, 15) is 14.7 Å². The number of amides is 2. The number of likely N-dealkylation sites (tertiary alicyclic amines) is 2. The number of benzene rings is 3. The first-order chi connectivity index (χ1) is 24.0. The number of carbonyl (C=O) groups excluding carboxylic acids is 2. The van der Waals surface area contributed by atoms with Crippen LogP contribution in [0.25, 0.3) is 11.1 Å². The van der Waals surface area contributed by atoms with Crippen molar-refractivity contribution >= 4 is 12.0 Å². The molecule has 262 valence electrons. The van der Waals surface area contributed by atoms with Gasteiger partial charge in [-0.2, -0.15) is 0 Å². The molecule has 3 aliphatic rings. The Labute approximate surface area is 289 Å². The van der Waals surface area contributed by atoms with E-state index in [0.29, 0.717) is 12.6 Å². The molecule has 0 aromatic heterocycles. The van der Waals surface area contributed by atoms with Crippen LogP contribution < -0.4 is 10.6 Å². The first-order valence-electron chi connectivity index (χ1n) is 17.8. The molecule has 4 unspecified atom stereocenters. The number of aliphatic hydroxyl groups is 1. The van der Waals surface area contributed by atoms with Crippen molar-refractivity contribution in [3.8, 4) is 11.1 Å². The SMILES string of the molecule is CCOC(=O)CNC(=O)NCc1cccc(-c2cccc(C3OC(CN4CCCC4CN4CCCC4)CC(c4ccc(CO)cc4)O3)c2)c1. The predicted molar refractivity (Wildman–Crippen MR) is 187 cm³/mol. The average molecular weight is 671 g/mol. The van der Waals surface area contributed by atoms with Crippen LogP contribution in [0.1, 0.15) is 73.7 Å². The van der Waals surface area contributed by atoms with E-state index in [1.165, 1.54) is 38.8 Å². The Bertz CT molecular complexity index is 1530. The average Bonchev–Trinajstić information content (AvgIpc) is 3.82. The fourth-order valence-corrected chi connectivity index (χ4v) is 7.24. The van der Waals surface area contributed by atoms with Crippen molar-refractivity contribution in [2.75, 3.05) is 45.9 Å². The summed E-state index contributed by atoms with van der Waals surface area (Å²) in [6.45, 7) is 7.71. The van der Waals surface area contributed by atoms with Crippen LogP contribution in [0.2, 0.25) is 0 Å². The summed E-state index contributed by atoms with van der Waals surface area (Å²) in [4.78, 5) is 29.0. The Hall–Kier alpha value is -3.80. The molecule has 0 aliphatic carbocycles. The van der Waals surface area contributed by atoms with Gasteiger partial charge in [-0.15, -0.1) is 0 Å². The summed E-state index contributed by atoms with van der Waals surface area (Å²) in [5, 5.41) is 14.9. The van der Waals surface area contributed by atoms with Gasteiger partial charge in [0.05, 0.1) is 25.4 Å². The second-order valence-electron chi connectivity index (χ2n) is 13.3. The number of hydrogen-bond donors (Lipinski definition) is 3. The van der Waals surface area contributed by atoms with Gasteiger partial charge in [-0.05, 0) is 92.2 Å². The van der Waals surface area contributed by atoms with Crippen LogP contribution in [0.3, 0.4) is 0 Å². The van der Waals surface area contributed by atoms with Crippen molar-refractivity contribution in [2.24, 2.45) is 0 Å². The maximum Gasteiger partial charge on any atom is 0.325 e. The first-order valence-corrected chi connectivity index (χ1v) is 17.8. The number of aliphatic hydroxyl groups excluding tert-OH is 1. The van der Waals surface area contributed by atoms with Crippen LogP contribution in [0.15, 0.2) is 72.8 Å². The van der Waals surface area contributed by atoms with Crippen molar-refractivity contribution in [1.29, 1.82) is 0 Å². The molecule has 0 bridgehead atoms. The third kappa shape index (κ3) is 9.67. The quantitative estimate of drug-likeness (QED) is 0.210. The molecule has 3 saturated heterocycles.